The lowest BCUT2D eigenvalue weighted by Crippen LogP contribution is -2.64. The Morgan fingerprint density at radius 1 is 0.917 bits per heavy atom. The average Bonchev–Trinajstić information content (AvgIpc) is 2.54. The number of rotatable bonds is 4. The zero-order valence-corrected chi connectivity index (χ0v) is 13.6. The fraction of sp³-hybridized carbons (Fsp3) is 0.111. The quantitative estimate of drug-likeness (QED) is 0.816. The van der Waals surface area contributed by atoms with Gasteiger partial charge in [0.25, 0.3) is 0 Å². The molecule has 0 aliphatic carbocycles. The summed E-state index contributed by atoms with van der Waals surface area (Å²) in [6, 6.07) is 17.6. The summed E-state index contributed by atoms with van der Waals surface area (Å²) in [7, 11) is -4.71. The summed E-state index contributed by atoms with van der Waals surface area (Å²) in [4.78, 5) is 0. The molecule has 0 saturated carbocycles. The van der Waals surface area contributed by atoms with Gasteiger partial charge in [0.1, 0.15) is 10.0 Å². The predicted molar refractivity (Wildman–Crippen MR) is 78.5 cm³/mol. The molecule has 3 rings (SSSR count). The van der Waals surface area contributed by atoms with Crippen LogP contribution < -0.4 is 14.0 Å². The van der Waals surface area contributed by atoms with Crippen molar-refractivity contribution in [3.8, 4) is 0 Å². The van der Waals surface area contributed by atoms with Crippen LogP contribution in [0.3, 0.4) is 0 Å². The van der Waals surface area contributed by atoms with Crippen molar-refractivity contribution >= 4 is 5.76 Å². The molecule has 6 heteroatoms. The third-order valence-electron chi connectivity index (χ3n) is 3.48. The fourth-order valence-corrected chi connectivity index (χ4v) is 3.00. The molecule has 1 atom stereocenters. The van der Waals surface area contributed by atoms with Crippen LogP contribution in [0.2, 0.25) is 0 Å². The molecule has 0 N–H and O–H groups in total. The summed E-state index contributed by atoms with van der Waals surface area (Å²) < 4.78 is 44.6. The molecular weight excluding hydrogens is 332 g/mol. The number of halogens is 1. The van der Waals surface area contributed by atoms with Crippen molar-refractivity contribution in [2.24, 2.45) is 0 Å². The summed E-state index contributed by atoms with van der Waals surface area (Å²) in [6.07, 6.45) is 3.23. The van der Waals surface area contributed by atoms with Crippen LogP contribution in [0, 0.1) is 10.2 Å². The second kappa shape index (κ2) is 6.39. The fourth-order valence-electron chi connectivity index (χ4n) is 2.55. The van der Waals surface area contributed by atoms with Gasteiger partial charge >= 0.3 is 5.79 Å². The Labute approximate surface area is 141 Å². The highest BCUT2D eigenvalue weighted by Crippen LogP contribution is 2.40. The van der Waals surface area contributed by atoms with Gasteiger partial charge in [-0.15, -0.1) is 0 Å². The third kappa shape index (κ3) is 3.67. The average molecular weight is 347 g/mol. The Morgan fingerprint density at radius 2 is 1.50 bits per heavy atom. The Morgan fingerprint density at radius 3 is 2.08 bits per heavy atom. The van der Waals surface area contributed by atoms with Gasteiger partial charge in [-0.2, -0.15) is 14.0 Å². The van der Waals surface area contributed by atoms with E-state index in [4.69, 9.17) is 9.03 Å². The number of benzene rings is 2. The highest BCUT2D eigenvalue weighted by Gasteiger charge is 2.50. The van der Waals surface area contributed by atoms with Gasteiger partial charge < -0.3 is 4.74 Å². The lowest BCUT2D eigenvalue weighted by atomic mass is 9.99. The molecule has 2 aromatic carbocycles. The summed E-state index contributed by atoms with van der Waals surface area (Å²) in [5, 5.41) is 0. The summed E-state index contributed by atoms with van der Waals surface area (Å²) >= 11 is 0. The van der Waals surface area contributed by atoms with Crippen molar-refractivity contribution in [2.45, 2.75) is 12.7 Å². The van der Waals surface area contributed by atoms with Gasteiger partial charge in [0.15, 0.2) is 0 Å². The number of allylic oxidation sites excluding steroid dienone is 2. The smallest absolute Gasteiger partial charge is 0.408 e. The van der Waals surface area contributed by atoms with E-state index in [1.165, 1.54) is 6.08 Å². The van der Waals surface area contributed by atoms with Crippen molar-refractivity contribution < 1.29 is 33.2 Å². The Bertz CT molecular complexity index is 765. The van der Waals surface area contributed by atoms with Crippen LogP contribution in [0.4, 0.5) is 0 Å². The maximum absolute atomic E-state index is 11.3. The number of hydrogen-bond acceptors (Lipinski definition) is 5. The van der Waals surface area contributed by atoms with Crippen LogP contribution in [0.1, 0.15) is 18.1 Å². The normalized spacial score (nSPS) is 20.8. The lowest BCUT2D eigenvalue weighted by molar-refractivity contribution is -1.92. The van der Waals surface area contributed by atoms with E-state index in [0.29, 0.717) is 16.9 Å². The first kappa shape index (κ1) is 16.7. The van der Waals surface area contributed by atoms with Crippen LogP contribution in [0.5, 0.6) is 0 Å². The van der Waals surface area contributed by atoms with E-state index in [-0.39, 0.29) is 0 Å². The van der Waals surface area contributed by atoms with Gasteiger partial charge in [0.05, 0.1) is 10.2 Å². The van der Waals surface area contributed by atoms with E-state index < -0.39 is 16.0 Å². The molecule has 0 aromatic heterocycles. The maximum Gasteiger partial charge on any atom is 0.408 e. The summed E-state index contributed by atoms with van der Waals surface area (Å²) in [5.41, 5.74) is 1.86. The number of hydrogen-bond donors (Lipinski definition) is 0. The molecule has 1 heterocycles. The highest BCUT2D eigenvalue weighted by atomic mass is 35.7. The third-order valence-corrected chi connectivity index (χ3v) is 3.90. The van der Waals surface area contributed by atoms with Gasteiger partial charge in [0.2, 0.25) is 0 Å². The molecule has 2 aromatic rings. The minimum atomic E-state index is -4.71. The second-order valence-electron chi connectivity index (χ2n) is 5.35. The minimum Gasteiger partial charge on any atom is -0.442 e. The van der Waals surface area contributed by atoms with Gasteiger partial charge in [-0.3, -0.25) is 0 Å². The first-order chi connectivity index (χ1) is 11.4. The molecule has 5 nitrogen and oxygen atoms in total. The summed E-state index contributed by atoms with van der Waals surface area (Å²) in [5.74, 6) is -1.42. The second-order valence-corrected chi connectivity index (χ2v) is 6.26. The molecule has 1 aliphatic rings. The van der Waals surface area contributed by atoms with E-state index in [2.05, 4.69) is 0 Å². The molecule has 24 heavy (non-hydrogen) atoms. The topological polar surface area (TPSA) is 87.6 Å². The summed E-state index contributed by atoms with van der Waals surface area (Å²) in [6.45, 7) is 1.78. The standard InChI is InChI=1S/C18H15ClO5/c1-14-12-17(15-8-4-2-5-9-15)23-18(13-14,24-19(20,21)22)16-10-6-3-7-11-16/h2-13H,1H3. The molecule has 0 fully saturated rings. The molecule has 0 saturated heterocycles. The predicted octanol–water partition coefficient (Wildman–Crippen LogP) is 0.771. The van der Waals surface area contributed by atoms with Crippen LogP contribution in [-0.4, -0.2) is 0 Å². The van der Waals surface area contributed by atoms with E-state index in [1.807, 2.05) is 30.3 Å². The van der Waals surface area contributed by atoms with Gasteiger partial charge in [-0.05, 0) is 18.6 Å². The molecule has 0 spiro atoms. The van der Waals surface area contributed by atoms with Crippen LogP contribution in [0.25, 0.3) is 5.76 Å². The van der Waals surface area contributed by atoms with E-state index in [9.17, 15) is 14.0 Å². The molecule has 0 bridgehead atoms. The minimum absolute atomic E-state index is 0.401. The maximum atomic E-state index is 11.3. The van der Waals surface area contributed by atoms with Crippen LogP contribution in [-0.2, 0) is 14.8 Å². The SMILES string of the molecule is CC1=CC(O[Cl+3]([O-])([O-])[O-])(c2ccccc2)OC(c2ccccc2)=C1. The highest BCUT2D eigenvalue weighted by molar-refractivity contribution is 5.65. The molecule has 0 amide bonds. The molecular formula is C18H15ClO5. The zero-order chi connectivity index (χ0) is 17.2. The first-order valence-corrected chi connectivity index (χ1v) is 8.44. The Balaban J connectivity index is 2.09. The van der Waals surface area contributed by atoms with Gasteiger partial charge in [-0.1, -0.05) is 60.7 Å². The molecule has 124 valence electrons. The van der Waals surface area contributed by atoms with Crippen LogP contribution >= 0.6 is 0 Å². The van der Waals surface area contributed by atoms with Crippen molar-refractivity contribution in [1.29, 1.82) is 0 Å². The van der Waals surface area contributed by atoms with E-state index in [1.54, 1.807) is 43.3 Å². The van der Waals surface area contributed by atoms with E-state index >= 15 is 0 Å². The largest absolute Gasteiger partial charge is 0.442 e. The van der Waals surface area contributed by atoms with Crippen molar-refractivity contribution in [2.75, 3.05) is 0 Å². The first-order valence-electron chi connectivity index (χ1n) is 7.21. The lowest BCUT2D eigenvalue weighted by Gasteiger charge is -2.31. The molecule has 0 radical (unpaired) electrons. The van der Waals surface area contributed by atoms with Gasteiger partial charge in [0, 0.05) is 17.2 Å². The number of ether oxygens (including phenoxy) is 1. The van der Waals surface area contributed by atoms with Crippen LogP contribution in [0.15, 0.2) is 78.4 Å². The monoisotopic (exact) mass is 346 g/mol. The molecule has 1 aliphatic heterocycles. The van der Waals surface area contributed by atoms with Gasteiger partial charge in [-0.25, -0.2) is 0 Å². The van der Waals surface area contributed by atoms with Crippen molar-refractivity contribution in [3.05, 3.63) is 89.5 Å². The Kier molecular flexibility index (Phi) is 4.45. The Hall–Kier alpha value is -2.15. The van der Waals surface area contributed by atoms with Crippen molar-refractivity contribution in [1.82, 2.24) is 0 Å². The van der Waals surface area contributed by atoms with Crippen molar-refractivity contribution in [3.63, 3.8) is 0 Å². The molecule has 1 unspecified atom stereocenters. The van der Waals surface area contributed by atoms with E-state index in [0.717, 1.165) is 5.56 Å². The zero-order valence-electron chi connectivity index (χ0n) is 12.8.